The molecular weight excluding hydrogens is 152 g/mol. The van der Waals surface area contributed by atoms with Crippen molar-refractivity contribution >= 4 is 5.65 Å². The van der Waals surface area contributed by atoms with Gasteiger partial charge in [0.05, 0.1) is 18.1 Å². The van der Waals surface area contributed by atoms with Gasteiger partial charge in [-0.05, 0) is 6.92 Å². The minimum Gasteiger partial charge on any atom is -0.219 e. The summed E-state index contributed by atoms with van der Waals surface area (Å²) < 4.78 is 1.70. The lowest BCUT2D eigenvalue weighted by atomic mass is 10.5. The molecular formula is C8H12N4. The molecule has 0 saturated heterocycles. The van der Waals surface area contributed by atoms with Gasteiger partial charge in [-0.2, -0.15) is 10.2 Å². The molecule has 0 radical (unpaired) electrons. The first-order valence-electron chi connectivity index (χ1n) is 4.00. The lowest BCUT2D eigenvalue weighted by Gasteiger charge is -1.84. The minimum atomic E-state index is 0.792. The molecule has 0 spiro atoms. The van der Waals surface area contributed by atoms with E-state index in [4.69, 9.17) is 0 Å². The molecule has 0 aliphatic heterocycles. The molecule has 64 valence electrons. The van der Waals surface area contributed by atoms with Gasteiger partial charge in [-0.15, -0.1) is 5.10 Å². The molecule has 4 heteroatoms. The molecule has 2 heterocycles. The average molecular weight is 164 g/mol. The van der Waals surface area contributed by atoms with Crippen LogP contribution in [0.5, 0.6) is 0 Å². The first kappa shape index (κ1) is 8.64. The highest BCUT2D eigenvalue weighted by atomic mass is 15.3. The lowest BCUT2D eigenvalue weighted by molar-refractivity contribution is 0.876. The van der Waals surface area contributed by atoms with Crippen LogP contribution in [0.4, 0.5) is 0 Å². The summed E-state index contributed by atoms with van der Waals surface area (Å²) in [5, 5.41) is 11.7. The Morgan fingerprint density at radius 2 is 2.08 bits per heavy atom. The van der Waals surface area contributed by atoms with E-state index in [0.29, 0.717) is 0 Å². The van der Waals surface area contributed by atoms with Crippen LogP contribution in [0.15, 0.2) is 18.5 Å². The maximum atomic E-state index is 4.13. The van der Waals surface area contributed by atoms with Gasteiger partial charge >= 0.3 is 0 Å². The number of hydrogen-bond acceptors (Lipinski definition) is 3. The minimum absolute atomic E-state index is 0.792. The lowest BCUT2D eigenvalue weighted by Crippen LogP contribution is -1.89. The van der Waals surface area contributed by atoms with Crippen LogP contribution in [0.2, 0.25) is 0 Å². The van der Waals surface area contributed by atoms with Crippen LogP contribution in [0.25, 0.3) is 5.65 Å². The van der Waals surface area contributed by atoms with Crippen LogP contribution >= 0.6 is 0 Å². The molecule has 0 saturated carbocycles. The number of aryl methyl sites for hydroxylation is 1. The molecule has 0 aliphatic rings. The van der Waals surface area contributed by atoms with E-state index in [-0.39, 0.29) is 0 Å². The average Bonchev–Trinajstić information content (AvgIpc) is 2.48. The second kappa shape index (κ2) is 3.80. The monoisotopic (exact) mass is 164 g/mol. The normalized spacial score (nSPS) is 9.25. The third-order valence-electron chi connectivity index (χ3n) is 1.27. The third-order valence-corrected chi connectivity index (χ3v) is 1.27. The quantitative estimate of drug-likeness (QED) is 0.592. The predicted molar refractivity (Wildman–Crippen MR) is 46.9 cm³/mol. The van der Waals surface area contributed by atoms with Gasteiger partial charge < -0.3 is 0 Å². The Labute approximate surface area is 71.2 Å². The molecule has 0 atom stereocenters. The highest BCUT2D eigenvalue weighted by molar-refractivity contribution is 5.36. The number of fused-ring (bicyclic) bond motifs is 1. The molecule has 4 nitrogen and oxygen atoms in total. The van der Waals surface area contributed by atoms with Gasteiger partial charge in [0.1, 0.15) is 0 Å². The van der Waals surface area contributed by atoms with Crippen molar-refractivity contribution < 1.29 is 0 Å². The van der Waals surface area contributed by atoms with Crippen LogP contribution in [0.3, 0.4) is 0 Å². The second-order valence-electron chi connectivity index (χ2n) is 2.10. The van der Waals surface area contributed by atoms with E-state index in [1.54, 1.807) is 16.9 Å². The Bertz CT molecular complexity index is 320. The zero-order chi connectivity index (χ0) is 8.97. The zero-order valence-electron chi connectivity index (χ0n) is 7.52. The van der Waals surface area contributed by atoms with Gasteiger partial charge in [0.15, 0.2) is 5.65 Å². The summed E-state index contributed by atoms with van der Waals surface area (Å²) in [5.74, 6) is 0. The van der Waals surface area contributed by atoms with E-state index in [1.807, 2.05) is 26.8 Å². The van der Waals surface area contributed by atoms with Crippen molar-refractivity contribution in [2.24, 2.45) is 0 Å². The molecule has 2 aromatic heterocycles. The Balaban J connectivity index is 0.000000336. The second-order valence-corrected chi connectivity index (χ2v) is 2.10. The summed E-state index contributed by atoms with van der Waals surface area (Å²) in [6, 6.07) is 1.88. The van der Waals surface area contributed by atoms with Crippen LogP contribution in [0.1, 0.15) is 19.5 Å². The van der Waals surface area contributed by atoms with Crippen molar-refractivity contribution in [1.82, 2.24) is 19.8 Å². The van der Waals surface area contributed by atoms with Gasteiger partial charge in [-0.1, -0.05) is 13.8 Å². The first-order chi connectivity index (χ1) is 5.86. The Morgan fingerprint density at radius 1 is 1.33 bits per heavy atom. The van der Waals surface area contributed by atoms with Gasteiger partial charge in [0.25, 0.3) is 0 Å². The van der Waals surface area contributed by atoms with Gasteiger partial charge in [0.2, 0.25) is 0 Å². The van der Waals surface area contributed by atoms with Gasteiger partial charge in [-0.3, -0.25) is 0 Å². The molecule has 0 bridgehead atoms. The van der Waals surface area contributed by atoms with E-state index in [0.717, 1.165) is 11.3 Å². The Kier molecular flexibility index (Phi) is 2.74. The molecule has 0 amide bonds. The van der Waals surface area contributed by atoms with E-state index in [2.05, 4.69) is 15.3 Å². The fourth-order valence-electron chi connectivity index (χ4n) is 0.873. The molecule has 0 unspecified atom stereocenters. The first-order valence-corrected chi connectivity index (χ1v) is 4.00. The molecule has 2 aromatic rings. The summed E-state index contributed by atoms with van der Waals surface area (Å²) >= 11 is 0. The van der Waals surface area contributed by atoms with Crippen molar-refractivity contribution in [2.75, 3.05) is 0 Å². The van der Waals surface area contributed by atoms with Crippen molar-refractivity contribution in [3.63, 3.8) is 0 Å². The van der Waals surface area contributed by atoms with Crippen molar-refractivity contribution in [1.29, 1.82) is 0 Å². The van der Waals surface area contributed by atoms with E-state index in [9.17, 15) is 0 Å². The van der Waals surface area contributed by atoms with Crippen molar-refractivity contribution in [3.05, 3.63) is 24.2 Å². The highest BCUT2D eigenvalue weighted by Crippen LogP contribution is 1.98. The summed E-state index contributed by atoms with van der Waals surface area (Å²) in [6.45, 7) is 5.93. The predicted octanol–water partition coefficient (Wildman–Crippen LogP) is 1.46. The molecule has 0 N–H and O–H groups in total. The fraction of sp³-hybridized carbons (Fsp3) is 0.375. The summed E-state index contributed by atoms with van der Waals surface area (Å²) in [5.41, 5.74) is 1.75. The summed E-state index contributed by atoms with van der Waals surface area (Å²) in [7, 11) is 0. The molecule has 0 aromatic carbocycles. The maximum Gasteiger partial charge on any atom is 0.177 e. The van der Waals surface area contributed by atoms with Crippen LogP contribution < -0.4 is 0 Å². The van der Waals surface area contributed by atoms with Crippen molar-refractivity contribution in [3.8, 4) is 0 Å². The van der Waals surface area contributed by atoms with E-state index >= 15 is 0 Å². The Morgan fingerprint density at radius 3 is 2.75 bits per heavy atom. The smallest absolute Gasteiger partial charge is 0.177 e. The Hall–Kier alpha value is -1.45. The SMILES string of the molecule is CC.Cc1cc2nnccn2n1. The summed E-state index contributed by atoms with van der Waals surface area (Å²) in [4.78, 5) is 0. The maximum absolute atomic E-state index is 4.13. The number of hydrogen-bond donors (Lipinski definition) is 0. The van der Waals surface area contributed by atoms with E-state index < -0.39 is 0 Å². The fourth-order valence-corrected chi connectivity index (χ4v) is 0.873. The molecule has 2 rings (SSSR count). The number of nitrogens with zero attached hydrogens (tertiary/aromatic N) is 4. The molecule has 0 aliphatic carbocycles. The topological polar surface area (TPSA) is 43.1 Å². The van der Waals surface area contributed by atoms with E-state index in [1.165, 1.54) is 0 Å². The zero-order valence-corrected chi connectivity index (χ0v) is 7.52. The number of rotatable bonds is 0. The standard InChI is InChI=1S/C6H6N4.C2H6/c1-5-4-6-8-7-2-3-10(6)9-5;1-2/h2-4H,1H3;1-2H3. The van der Waals surface area contributed by atoms with Gasteiger partial charge in [0, 0.05) is 6.07 Å². The van der Waals surface area contributed by atoms with Crippen molar-refractivity contribution in [2.45, 2.75) is 20.8 Å². The molecule has 12 heavy (non-hydrogen) atoms. The molecule has 0 fully saturated rings. The van der Waals surface area contributed by atoms with Crippen LogP contribution in [-0.4, -0.2) is 19.8 Å². The largest absolute Gasteiger partial charge is 0.219 e. The van der Waals surface area contributed by atoms with Gasteiger partial charge in [-0.25, -0.2) is 4.52 Å². The summed E-state index contributed by atoms with van der Waals surface area (Å²) in [6.07, 6.45) is 3.38. The van der Waals surface area contributed by atoms with Crippen LogP contribution in [0, 0.1) is 6.92 Å². The van der Waals surface area contributed by atoms with Crippen LogP contribution in [-0.2, 0) is 0 Å². The number of aromatic nitrogens is 4. The highest BCUT2D eigenvalue weighted by Gasteiger charge is 1.94. The third kappa shape index (κ3) is 1.58.